The molecular formula is C17H18FN3. The first kappa shape index (κ1) is 15.0. The second kappa shape index (κ2) is 6.38. The van der Waals surface area contributed by atoms with Gasteiger partial charge in [-0.2, -0.15) is 5.26 Å². The molecule has 0 aliphatic heterocycles. The summed E-state index contributed by atoms with van der Waals surface area (Å²) in [6.45, 7) is 2.46. The van der Waals surface area contributed by atoms with E-state index in [0.717, 1.165) is 16.8 Å². The Morgan fingerprint density at radius 1 is 1.29 bits per heavy atom. The predicted octanol–water partition coefficient (Wildman–Crippen LogP) is 3.35. The minimum absolute atomic E-state index is 0.247. The lowest BCUT2D eigenvalue weighted by Gasteiger charge is -2.24. The highest BCUT2D eigenvalue weighted by atomic mass is 19.1. The van der Waals surface area contributed by atoms with Crippen LogP contribution in [0.2, 0.25) is 0 Å². The molecule has 2 aromatic carbocycles. The number of benzene rings is 2. The molecule has 0 saturated heterocycles. The highest BCUT2D eigenvalue weighted by Gasteiger charge is 2.12. The van der Waals surface area contributed by atoms with Crippen LogP contribution in [0, 0.1) is 17.1 Å². The molecule has 0 bridgehead atoms. The molecular weight excluding hydrogens is 265 g/mol. The van der Waals surface area contributed by atoms with Gasteiger partial charge < -0.3 is 10.6 Å². The highest BCUT2D eigenvalue weighted by molar-refractivity contribution is 5.55. The standard InChI is InChI=1S/C17H18FN3/c1-12(20)16-9-15(18)6-7-17(16)21(2)11-14-5-3-4-13(8-14)10-19/h3-9,12H,11,20H2,1-2H3. The first-order chi connectivity index (χ1) is 10.0. The Bertz CT molecular complexity index is 674. The van der Waals surface area contributed by atoms with Gasteiger partial charge in [0.05, 0.1) is 11.6 Å². The number of nitriles is 1. The molecule has 0 aliphatic rings. The lowest BCUT2D eigenvalue weighted by atomic mass is 10.0. The van der Waals surface area contributed by atoms with E-state index in [0.29, 0.717) is 12.1 Å². The summed E-state index contributed by atoms with van der Waals surface area (Å²) in [5.74, 6) is -0.286. The zero-order valence-corrected chi connectivity index (χ0v) is 12.2. The predicted molar refractivity (Wildman–Crippen MR) is 82.3 cm³/mol. The SMILES string of the molecule is CC(N)c1cc(F)ccc1N(C)Cc1cccc(C#N)c1. The van der Waals surface area contributed by atoms with Crippen LogP contribution in [0.15, 0.2) is 42.5 Å². The van der Waals surface area contributed by atoms with Crippen molar-refractivity contribution in [3.8, 4) is 6.07 Å². The Hall–Kier alpha value is -2.38. The Balaban J connectivity index is 2.28. The van der Waals surface area contributed by atoms with Gasteiger partial charge in [-0.3, -0.25) is 0 Å². The first-order valence-corrected chi connectivity index (χ1v) is 6.76. The molecule has 0 spiro atoms. The third-order valence-corrected chi connectivity index (χ3v) is 3.37. The molecule has 3 nitrogen and oxygen atoms in total. The maximum atomic E-state index is 13.4. The molecule has 1 unspecified atom stereocenters. The lowest BCUT2D eigenvalue weighted by molar-refractivity contribution is 0.622. The summed E-state index contributed by atoms with van der Waals surface area (Å²) in [5, 5.41) is 8.94. The molecule has 0 saturated carbocycles. The molecule has 0 aliphatic carbocycles. The van der Waals surface area contributed by atoms with E-state index in [-0.39, 0.29) is 11.9 Å². The molecule has 1 atom stereocenters. The van der Waals surface area contributed by atoms with Crippen molar-refractivity contribution in [3.05, 3.63) is 65.0 Å². The quantitative estimate of drug-likeness (QED) is 0.936. The molecule has 4 heteroatoms. The minimum Gasteiger partial charge on any atom is -0.370 e. The smallest absolute Gasteiger partial charge is 0.123 e. The average molecular weight is 283 g/mol. The van der Waals surface area contributed by atoms with Gasteiger partial charge >= 0.3 is 0 Å². The fraction of sp³-hybridized carbons (Fsp3) is 0.235. The van der Waals surface area contributed by atoms with Crippen LogP contribution in [0.4, 0.5) is 10.1 Å². The van der Waals surface area contributed by atoms with Gasteiger partial charge in [-0.15, -0.1) is 0 Å². The van der Waals surface area contributed by atoms with Gasteiger partial charge in [0.25, 0.3) is 0 Å². The van der Waals surface area contributed by atoms with E-state index in [1.54, 1.807) is 12.1 Å². The van der Waals surface area contributed by atoms with Gasteiger partial charge in [-0.25, -0.2) is 4.39 Å². The Labute approximate surface area is 124 Å². The first-order valence-electron chi connectivity index (χ1n) is 6.76. The number of hydrogen-bond acceptors (Lipinski definition) is 3. The molecule has 0 heterocycles. The van der Waals surface area contributed by atoms with Gasteiger partial charge in [-0.1, -0.05) is 12.1 Å². The third-order valence-electron chi connectivity index (χ3n) is 3.37. The zero-order valence-electron chi connectivity index (χ0n) is 12.2. The van der Waals surface area contributed by atoms with Crippen LogP contribution >= 0.6 is 0 Å². The van der Waals surface area contributed by atoms with Crippen molar-refractivity contribution in [3.63, 3.8) is 0 Å². The summed E-state index contributed by atoms with van der Waals surface area (Å²) < 4.78 is 13.4. The van der Waals surface area contributed by atoms with Gasteiger partial charge in [0.15, 0.2) is 0 Å². The van der Waals surface area contributed by atoms with Crippen LogP contribution in [-0.4, -0.2) is 7.05 Å². The van der Waals surface area contributed by atoms with Gasteiger partial charge in [0, 0.05) is 25.3 Å². The van der Waals surface area contributed by atoms with E-state index < -0.39 is 0 Å². The Morgan fingerprint density at radius 3 is 2.71 bits per heavy atom. The summed E-state index contributed by atoms with van der Waals surface area (Å²) in [6.07, 6.45) is 0. The number of halogens is 1. The minimum atomic E-state index is -0.286. The molecule has 108 valence electrons. The molecule has 21 heavy (non-hydrogen) atoms. The van der Waals surface area contributed by atoms with Crippen LogP contribution < -0.4 is 10.6 Å². The van der Waals surface area contributed by atoms with Crippen molar-refractivity contribution in [2.45, 2.75) is 19.5 Å². The van der Waals surface area contributed by atoms with Crippen molar-refractivity contribution in [2.75, 3.05) is 11.9 Å². The summed E-state index contributed by atoms with van der Waals surface area (Å²) in [4.78, 5) is 2.01. The maximum absolute atomic E-state index is 13.4. The van der Waals surface area contributed by atoms with Crippen molar-refractivity contribution in [2.24, 2.45) is 5.73 Å². The summed E-state index contributed by atoms with van der Waals surface area (Å²) in [7, 11) is 1.93. The number of nitrogens with two attached hydrogens (primary N) is 1. The van der Waals surface area contributed by atoms with Crippen LogP contribution in [-0.2, 0) is 6.54 Å². The summed E-state index contributed by atoms with van der Waals surface area (Å²) in [5.41, 5.74) is 9.25. The van der Waals surface area contributed by atoms with Crippen LogP contribution in [0.25, 0.3) is 0 Å². The average Bonchev–Trinajstić information content (AvgIpc) is 2.47. The number of rotatable bonds is 4. The highest BCUT2D eigenvalue weighted by Crippen LogP contribution is 2.26. The molecule has 0 fully saturated rings. The van der Waals surface area contributed by atoms with Crippen molar-refractivity contribution in [1.29, 1.82) is 5.26 Å². The van der Waals surface area contributed by atoms with Crippen molar-refractivity contribution < 1.29 is 4.39 Å². The van der Waals surface area contributed by atoms with Crippen LogP contribution in [0.5, 0.6) is 0 Å². The number of hydrogen-bond donors (Lipinski definition) is 1. The topological polar surface area (TPSA) is 53.0 Å². The van der Waals surface area contributed by atoms with Gasteiger partial charge in [-0.05, 0) is 48.4 Å². The van der Waals surface area contributed by atoms with Crippen molar-refractivity contribution in [1.82, 2.24) is 0 Å². The Morgan fingerprint density at radius 2 is 2.05 bits per heavy atom. The molecule has 0 radical (unpaired) electrons. The third kappa shape index (κ3) is 3.59. The maximum Gasteiger partial charge on any atom is 0.123 e. The van der Waals surface area contributed by atoms with Crippen molar-refractivity contribution >= 4 is 5.69 Å². The van der Waals surface area contributed by atoms with Gasteiger partial charge in [0.1, 0.15) is 5.82 Å². The zero-order chi connectivity index (χ0) is 15.4. The van der Waals surface area contributed by atoms with E-state index in [4.69, 9.17) is 11.0 Å². The van der Waals surface area contributed by atoms with Gasteiger partial charge in [0.2, 0.25) is 0 Å². The Kier molecular flexibility index (Phi) is 4.56. The van der Waals surface area contributed by atoms with E-state index >= 15 is 0 Å². The van der Waals surface area contributed by atoms with E-state index in [1.807, 2.05) is 37.1 Å². The molecule has 0 amide bonds. The fourth-order valence-electron chi connectivity index (χ4n) is 2.34. The van der Waals surface area contributed by atoms with E-state index in [2.05, 4.69) is 6.07 Å². The van der Waals surface area contributed by atoms with E-state index in [9.17, 15) is 4.39 Å². The summed E-state index contributed by atoms with van der Waals surface area (Å²) >= 11 is 0. The number of nitrogens with zero attached hydrogens (tertiary/aromatic N) is 2. The molecule has 2 aromatic rings. The fourth-order valence-corrected chi connectivity index (χ4v) is 2.34. The lowest BCUT2D eigenvalue weighted by Crippen LogP contribution is -2.20. The van der Waals surface area contributed by atoms with Crippen LogP contribution in [0.1, 0.15) is 29.7 Å². The largest absolute Gasteiger partial charge is 0.370 e. The monoisotopic (exact) mass is 283 g/mol. The second-order valence-electron chi connectivity index (χ2n) is 5.16. The van der Waals surface area contributed by atoms with Crippen LogP contribution in [0.3, 0.4) is 0 Å². The second-order valence-corrected chi connectivity index (χ2v) is 5.16. The molecule has 0 aromatic heterocycles. The normalized spacial score (nSPS) is 11.8. The molecule has 2 N–H and O–H groups in total. The molecule has 2 rings (SSSR count). The van der Waals surface area contributed by atoms with E-state index in [1.165, 1.54) is 12.1 Å². The number of anilines is 1. The summed E-state index contributed by atoms with van der Waals surface area (Å²) in [6, 6.07) is 14.0.